The molecular weight excluding hydrogens is 204 g/mol. The van der Waals surface area contributed by atoms with E-state index in [0.29, 0.717) is 6.42 Å². The molecule has 0 aromatic heterocycles. The summed E-state index contributed by atoms with van der Waals surface area (Å²) in [5.74, 6) is -0.422. The van der Waals surface area contributed by atoms with Gasteiger partial charge >= 0.3 is 0 Å². The summed E-state index contributed by atoms with van der Waals surface area (Å²) in [6.07, 6.45) is 1.91. The van der Waals surface area contributed by atoms with Crippen molar-refractivity contribution in [2.45, 2.75) is 26.7 Å². The van der Waals surface area contributed by atoms with Crippen molar-refractivity contribution in [2.24, 2.45) is 5.41 Å². The van der Waals surface area contributed by atoms with Gasteiger partial charge in [-0.15, -0.1) is 0 Å². The molecule has 0 saturated heterocycles. The topological polar surface area (TPSA) is 71.4 Å². The van der Waals surface area contributed by atoms with Gasteiger partial charge in [0.05, 0.1) is 5.75 Å². The Kier molecular flexibility index (Phi) is 4.48. The summed E-state index contributed by atoms with van der Waals surface area (Å²) in [7, 11) is -3.92. The molecule has 0 radical (unpaired) electrons. The lowest BCUT2D eigenvalue weighted by Gasteiger charge is -2.20. The van der Waals surface area contributed by atoms with Crippen molar-refractivity contribution in [2.75, 3.05) is 5.75 Å². The van der Waals surface area contributed by atoms with Gasteiger partial charge in [0.25, 0.3) is 10.1 Å². The maximum atomic E-state index is 11.3. The van der Waals surface area contributed by atoms with Crippen molar-refractivity contribution in [3.05, 3.63) is 12.7 Å². The monoisotopic (exact) mass is 220 g/mol. The molecule has 0 aliphatic carbocycles. The van der Waals surface area contributed by atoms with Gasteiger partial charge in [-0.25, -0.2) is 0 Å². The number of rotatable bonds is 6. The van der Waals surface area contributed by atoms with Crippen molar-refractivity contribution < 1.29 is 17.8 Å². The Morgan fingerprint density at radius 2 is 2.00 bits per heavy atom. The molecular formula is C9H16O4S. The van der Waals surface area contributed by atoms with Crippen LogP contribution in [0.1, 0.15) is 26.7 Å². The third kappa shape index (κ3) is 5.14. The van der Waals surface area contributed by atoms with E-state index in [4.69, 9.17) is 4.55 Å². The lowest BCUT2D eigenvalue weighted by Crippen LogP contribution is -2.23. The molecule has 0 fully saturated rings. The molecule has 4 nitrogen and oxygen atoms in total. The van der Waals surface area contributed by atoms with Gasteiger partial charge in [-0.2, -0.15) is 8.42 Å². The fourth-order valence-electron chi connectivity index (χ4n) is 1.10. The van der Waals surface area contributed by atoms with Crippen LogP contribution in [-0.4, -0.2) is 24.5 Å². The normalized spacial score (nSPS) is 12.5. The largest absolute Gasteiger partial charge is 0.294 e. The van der Waals surface area contributed by atoms with Crippen LogP contribution >= 0.6 is 0 Å². The highest BCUT2D eigenvalue weighted by atomic mass is 32.2. The van der Waals surface area contributed by atoms with Crippen LogP contribution < -0.4 is 0 Å². The van der Waals surface area contributed by atoms with E-state index < -0.39 is 15.5 Å². The van der Waals surface area contributed by atoms with Crippen LogP contribution in [-0.2, 0) is 14.9 Å². The highest BCUT2D eigenvalue weighted by Crippen LogP contribution is 2.24. The van der Waals surface area contributed by atoms with Crippen LogP contribution in [0.2, 0.25) is 0 Å². The zero-order valence-corrected chi connectivity index (χ0v) is 9.30. The highest BCUT2D eigenvalue weighted by Gasteiger charge is 2.24. The van der Waals surface area contributed by atoms with Crippen LogP contribution in [0.5, 0.6) is 0 Å². The minimum absolute atomic E-state index is 0.118. The van der Waals surface area contributed by atoms with Gasteiger partial charge in [-0.05, 0) is 18.9 Å². The minimum Gasteiger partial charge on any atom is -0.294 e. The molecule has 82 valence electrons. The van der Waals surface area contributed by atoms with Gasteiger partial charge < -0.3 is 0 Å². The Labute approximate surface area is 84.8 Å². The second-order valence-electron chi connectivity index (χ2n) is 3.84. The fraction of sp³-hybridized carbons (Fsp3) is 0.667. The minimum atomic E-state index is -3.92. The van der Waals surface area contributed by atoms with Gasteiger partial charge in [-0.3, -0.25) is 9.35 Å². The van der Waals surface area contributed by atoms with Crippen molar-refractivity contribution in [1.82, 2.24) is 0 Å². The summed E-state index contributed by atoms with van der Waals surface area (Å²) in [4.78, 5) is 11.3. The molecule has 0 aliphatic heterocycles. The first-order valence-electron chi connectivity index (χ1n) is 4.31. The predicted molar refractivity (Wildman–Crippen MR) is 54.6 cm³/mol. The summed E-state index contributed by atoms with van der Waals surface area (Å²) >= 11 is 0. The van der Waals surface area contributed by atoms with Gasteiger partial charge in [-0.1, -0.05) is 20.4 Å². The van der Waals surface area contributed by atoms with Gasteiger partial charge in [0.1, 0.15) is 0 Å². The van der Waals surface area contributed by atoms with E-state index in [1.807, 2.05) is 0 Å². The molecule has 1 N–H and O–H groups in total. The van der Waals surface area contributed by atoms with Crippen molar-refractivity contribution in [3.8, 4) is 0 Å². The summed E-state index contributed by atoms with van der Waals surface area (Å²) < 4.78 is 29.3. The van der Waals surface area contributed by atoms with Gasteiger partial charge in [0, 0.05) is 5.41 Å². The molecule has 0 atom stereocenters. The average molecular weight is 220 g/mol. The number of carbonyl (C=O) groups is 1. The molecule has 0 aromatic carbocycles. The van der Waals surface area contributed by atoms with Crippen molar-refractivity contribution in [1.29, 1.82) is 0 Å². The molecule has 14 heavy (non-hydrogen) atoms. The summed E-state index contributed by atoms with van der Waals surface area (Å²) in [6, 6.07) is 0. The number of ketones is 1. The maximum Gasteiger partial charge on any atom is 0.264 e. The van der Waals surface area contributed by atoms with Crippen LogP contribution in [0.15, 0.2) is 12.7 Å². The van der Waals surface area contributed by atoms with Crippen molar-refractivity contribution >= 4 is 15.9 Å². The molecule has 0 spiro atoms. The third-order valence-electron chi connectivity index (χ3n) is 2.06. The van der Waals surface area contributed by atoms with E-state index in [0.717, 1.165) is 0 Å². The van der Waals surface area contributed by atoms with E-state index in [9.17, 15) is 13.2 Å². The average Bonchev–Trinajstić information content (AvgIpc) is 2.00. The molecule has 0 rings (SSSR count). The SMILES string of the molecule is C=CC(=O)C(C)(C)CCCS(=O)(=O)O. The molecule has 5 heteroatoms. The Morgan fingerprint density at radius 3 is 2.36 bits per heavy atom. The van der Waals surface area contributed by atoms with Crippen molar-refractivity contribution in [3.63, 3.8) is 0 Å². The van der Waals surface area contributed by atoms with Crippen LogP contribution in [0.3, 0.4) is 0 Å². The van der Waals surface area contributed by atoms with E-state index in [-0.39, 0.29) is 18.0 Å². The van der Waals surface area contributed by atoms with Crippen LogP contribution in [0, 0.1) is 5.41 Å². The van der Waals surface area contributed by atoms with E-state index in [1.54, 1.807) is 13.8 Å². The zero-order chi connectivity index (χ0) is 11.4. The van der Waals surface area contributed by atoms with Gasteiger partial charge in [0.2, 0.25) is 0 Å². The Balaban J connectivity index is 4.13. The lowest BCUT2D eigenvalue weighted by molar-refractivity contribution is -0.122. The smallest absolute Gasteiger partial charge is 0.264 e. The molecule has 0 unspecified atom stereocenters. The Morgan fingerprint density at radius 1 is 1.50 bits per heavy atom. The Bertz CT molecular complexity index is 314. The van der Waals surface area contributed by atoms with E-state index in [1.165, 1.54) is 6.08 Å². The standard InChI is InChI=1S/C9H16O4S/c1-4-8(10)9(2,3)6-5-7-14(11,12)13/h4H,1,5-7H2,2-3H3,(H,11,12,13). The molecule has 0 amide bonds. The molecule has 0 aromatic rings. The molecule has 0 heterocycles. The zero-order valence-electron chi connectivity index (χ0n) is 8.49. The van der Waals surface area contributed by atoms with Crippen LogP contribution in [0.4, 0.5) is 0 Å². The highest BCUT2D eigenvalue weighted by molar-refractivity contribution is 7.85. The maximum absolute atomic E-state index is 11.3. The van der Waals surface area contributed by atoms with Crippen LogP contribution in [0.25, 0.3) is 0 Å². The lowest BCUT2D eigenvalue weighted by atomic mass is 9.83. The summed E-state index contributed by atoms with van der Waals surface area (Å²) in [5.41, 5.74) is -0.605. The number of carbonyl (C=O) groups excluding carboxylic acids is 1. The third-order valence-corrected chi connectivity index (χ3v) is 2.86. The first-order valence-corrected chi connectivity index (χ1v) is 5.92. The van der Waals surface area contributed by atoms with E-state index in [2.05, 4.69) is 6.58 Å². The molecule has 0 saturated carbocycles. The quantitative estimate of drug-likeness (QED) is 0.543. The number of hydrogen-bond donors (Lipinski definition) is 1. The fourth-order valence-corrected chi connectivity index (χ4v) is 1.61. The molecule has 0 bridgehead atoms. The summed E-state index contributed by atoms with van der Waals surface area (Å²) in [6.45, 7) is 6.81. The second-order valence-corrected chi connectivity index (χ2v) is 5.41. The summed E-state index contributed by atoms with van der Waals surface area (Å²) in [5, 5.41) is 0. The predicted octanol–water partition coefficient (Wildman–Crippen LogP) is 1.44. The first-order chi connectivity index (χ1) is 6.19. The first kappa shape index (κ1) is 13.3. The Hall–Kier alpha value is -0.680. The van der Waals surface area contributed by atoms with E-state index >= 15 is 0 Å². The van der Waals surface area contributed by atoms with Gasteiger partial charge in [0.15, 0.2) is 5.78 Å². The number of allylic oxidation sites excluding steroid dienone is 1. The number of hydrogen-bond acceptors (Lipinski definition) is 3. The molecule has 0 aliphatic rings. The second kappa shape index (κ2) is 4.70.